The van der Waals surface area contributed by atoms with Crippen molar-refractivity contribution in [3.05, 3.63) is 28.2 Å². The molecule has 0 bridgehead atoms. The number of amides is 1. The molecule has 28 heavy (non-hydrogen) atoms. The third-order valence-corrected chi connectivity index (χ3v) is 5.38. The van der Waals surface area contributed by atoms with E-state index in [1.807, 2.05) is 20.8 Å². The topological polar surface area (TPSA) is 42.0 Å². The second-order valence-electron chi connectivity index (χ2n) is 8.35. The van der Waals surface area contributed by atoms with Crippen LogP contribution in [0, 0.1) is 0 Å². The molecule has 0 N–H and O–H groups in total. The van der Waals surface area contributed by atoms with Crippen LogP contribution in [-0.2, 0) is 11.3 Å². The van der Waals surface area contributed by atoms with Crippen LogP contribution in [0.4, 0.5) is 18.0 Å². The Hall–Kier alpha value is -1.48. The summed E-state index contributed by atoms with van der Waals surface area (Å²) in [6.07, 6.45) is -3.29. The van der Waals surface area contributed by atoms with E-state index in [2.05, 4.69) is 25.6 Å². The fourth-order valence-electron chi connectivity index (χ4n) is 3.46. The summed E-state index contributed by atoms with van der Waals surface area (Å²) in [5.74, 6) is -0.193. The van der Waals surface area contributed by atoms with E-state index in [-0.39, 0.29) is 17.4 Å². The summed E-state index contributed by atoms with van der Waals surface area (Å²) in [6, 6.07) is 4.50. The summed E-state index contributed by atoms with van der Waals surface area (Å²) in [5, 5.41) is 0. The Balaban J connectivity index is 1.72. The van der Waals surface area contributed by atoms with Crippen molar-refractivity contribution in [2.75, 3.05) is 19.6 Å². The third-order valence-electron chi connectivity index (χ3n) is 4.88. The number of hydrogen-bond acceptors (Lipinski definition) is 4. The van der Waals surface area contributed by atoms with Gasteiger partial charge in [-0.2, -0.15) is 0 Å². The fraction of sp³-hybridized carbons (Fsp3) is 0.632. The number of ether oxygens (including phenoxy) is 2. The van der Waals surface area contributed by atoms with Gasteiger partial charge in [0.25, 0.3) is 0 Å². The van der Waals surface area contributed by atoms with Crippen LogP contribution in [0.1, 0.15) is 39.2 Å². The molecule has 0 radical (unpaired) electrons. The van der Waals surface area contributed by atoms with Gasteiger partial charge in [0.2, 0.25) is 0 Å². The van der Waals surface area contributed by atoms with Crippen molar-refractivity contribution in [3.8, 4) is 5.75 Å². The second kappa shape index (κ2) is 7.40. The SMILES string of the molecule is CC(C)(C)OC(=O)N1CCN(Cc2cc(Br)ccc2OC(F)(F)F)C2(CC2)C1. The van der Waals surface area contributed by atoms with Crippen LogP contribution < -0.4 is 4.74 Å². The lowest BCUT2D eigenvalue weighted by Gasteiger charge is -2.42. The zero-order chi connectivity index (χ0) is 20.7. The molecule has 0 unspecified atom stereocenters. The van der Waals surface area contributed by atoms with E-state index in [0.717, 1.165) is 12.8 Å². The van der Waals surface area contributed by atoms with E-state index in [9.17, 15) is 18.0 Å². The number of benzene rings is 1. The molecule has 1 heterocycles. The van der Waals surface area contributed by atoms with E-state index >= 15 is 0 Å². The van der Waals surface area contributed by atoms with Crippen molar-refractivity contribution in [2.45, 2.75) is 57.7 Å². The summed E-state index contributed by atoms with van der Waals surface area (Å²) in [5.41, 5.74) is -0.304. The van der Waals surface area contributed by atoms with Gasteiger partial charge < -0.3 is 14.4 Å². The van der Waals surface area contributed by atoms with E-state index < -0.39 is 12.0 Å². The monoisotopic (exact) mass is 464 g/mol. The van der Waals surface area contributed by atoms with E-state index in [0.29, 0.717) is 36.2 Å². The van der Waals surface area contributed by atoms with Crippen LogP contribution in [0.5, 0.6) is 5.75 Å². The Kier molecular flexibility index (Phi) is 5.62. The van der Waals surface area contributed by atoms with Gasteiger partial charge in [0.1, 0.15) is 11.4 Å². The molecule has 1 amide bonds. The minimum Gasteiger partial charge on any atom is -0.444 e. The molecule has 1 aromatic rings. The minimum atomic E-state index is -4.74. The predicted molar refractivity (Wildman–Crippen MR) is 101 cm³/mol. The molecule has 156 valence electrons. The molecular formula is C19H24BrF3N2O3. The Morgan fingerprint density at radius 1 is 1.21 bits per heavy atom. The number of alkyl halides is 3. The minimum absolute atomic E-state index is 0.193. The van der Waals surface area contributed by atoms with Gasteiger partial charge >= 0.3 is 12.5 Å². The number of halogens is 4. The number of carbonyl (C=O) groups is 1. The first kappa shape index (κ1) is 21.2. The Bertz CT molecular complexity index is 745. The summed E-state index contributed by atoms with van der Waals surface area (Å²) >= 11 is 3.32. The third kappa shape index (κ3) is 5.31. The Labute approximate surface area is 170 Å². The van der Waals surface area contributed by atoms with Crippen LogP contribution in [0.3, 0.4) is 0 Å². The highest BCUT2D eigenvalue weighted by Crippen LogP contribution is 2.46. The van der Waals surface area contributed by atoms with Crippen LogP contribution in [0.25, 0.3) is 0 Å². The zero-order valence-corrected chi connectivity index (χ0v) is 17.7. The van der Waals surface area contributed by atoms with Crippen molar-refractivity contribution in [2.24, 2.45) is 0 Å². The molecule has 1 saturated heterocycles. The van der Waals surface area contributed by atoms with Gasteiger partial charge in [-0.3, -0.25) is 4.90 Å². The number of nitrogens with zero attached hydrogens (tertiary/aromatic N) is 2. The first-order valence-electron chi connectivity index (χ1n) is 9.14. The molecule has 1 saturated carbocycles. The molecule has 5 nitrogen and oxygen atoms in total. The fourth-order valence-corrected chi connectivity index (χ4v) is 3.87. The Morgan fingerprint density at radius 2 is 1.89 bits per heavy atom. The summed E-state index contributed by atoms with van der Waals surface area (Å²) in [6.45, 7) is 7.35. The highest BCUT2D eigenvalue weighted by atomic mass is 79.9. The average Bonchev–Trinajstić information content (AvgIpc) is 3.29. The first-order valence-corrected chi connectivity index (χ1v) is 9.93. The lowest BCUT2D eigenvalue weighted by Crippen LogP contribution is -2.56. The maximum atomic E-state index is 12.7. The van der Waals surface area contributed by atoms with Crippen molar-refractivity contribution in [3.63, 3.8) is 0 Å². The number of piperazine rings is 1. The van der Waals surface area contributed by atoms with Crippen molar-refractivity contribution in [1.82, 2.24) is 9.80 Å². The van der Waals surface area contributed by atoms with Gasteiger partial charge in [0.15, 0.2) is 0 Å². The van der Waals surface area contributed by atoms with Gasteiger partial charge in [0, 0.05) is 41.8 Å². The molecule has 1 aliphatic carbocycles. The highest BCUT2D eigenvalue weighted by molar-refractivity contribution is 9.10. The van der Waals surface area contributed by atoms with Crippen LogP contribution in [0.15, 0.2) is 22.7 Å². The van der Waals surface area contributed by atoms with E-state index in [1.165, 1.54) is 12.1 Å². The zero-order valence-electron chi connectivity index (χ0n) is 16.1. The second-order valence-corrected chi connectivity index (χ2v) is 9.26. The van der Waals surface area contributed by atoms with Crippen LogP contribution >= 0.6 is 15.9 Å². The molecule has 9 heteroatoms. The normalized spacial score (nSPS) is 19.6. The standard InChI is InChI=1S/C19H24BrF3N2O3/c1-17(2,3)28-16(26)24-8-9-25(18(12-24)6-7-18)11-13-10-14(20)4-5-15(13)27-19(21,22)23/h4-5,10H,6-9,11-12H2,1-3H3. The molecular weight excluding hydrogens is 441 g/mol. The lowest BCUT2D eigenvalue weighted by atomic mass is 10.1. The lowest BCUT2D eigenvalue weighted by molar-refractivity contribution is -0.275. The molecule has 1 spiro atoms. The first-order chi connectivity index (χ1) is 12.9. The number of carbonyl (C=O) groups excluding carboxylic acids is 1. The number of rotatable bonds is 3. The molecule has 2 aliphatic rings. The van der Waals surface area contributed by atoms with Gasteiger partial charge in [-0.25, -0.2) is 4.79 Å². The smallest absolute Gasteiger partial charge is 0.444 e. The maximum absolute atomic E-state index is 12.7. The van der Waals surface area contributed by atoms with Crippen LogP contribution in [-0.4, -0.2) is 53.0 Å². The van der Waals surface area contributed by atoms with Gasteiger partial charge in [0.05, 0.1) is 0 Å². The van der Waals surface area contributed by atoms with Crippen LogP contribution in [0.2, 0.25) is 0 Å². The molecule has 2 fully saturated rings. The largest absolute Gasteiger partial charge is 0.573 e. The van der Waals surface area contributed by atoms with Crippen molar-refractivity contribution < 1.29 is 27.4 Å². The van der Waals surface area contributed by atoms with E-state index in [1.54, 1.807) is 11.0 Å². The summed E-state index contributed by atoms with van der Waals surface area (Å²) in [7, 11) is 0. The molecule has 0 aromatic heterocycles. The average molecular weight is 465 g/mol. The highest BCUT2D eigenvalue weighted by Gasteiger charge is 2.52. The molecule has 1 aliphatic heterocycles. The quantitative estimate of drug-likeness (QED) is 0.635. The summed E-state index contributed by atoms with van der Waals surface area (Å²) in [4.78, 5) is 16.2. The van der Waals surface area contributed by atoms with Gasteiger partial charge in [-0.1, -0.05) is 15.9 Å². The maximum Gasteiger partial charge on any atom is 0.573 e. The Morgan fingerprint density at radius 3 is 2.46 bits per heavy atom. The summed E-state index contributed by atoms with van der Waals surface area (Å²) < 4.78 is 48.6. The molecule has 1 aromatic carbocycles. The van der Waals surface area contributed by atoms with Crippen molar-refractivity contribution in [1.29, 1.82) is 0 Å². The predicted octanol–water partition coefficient (Wildman–Crippen LogP) is 4.93. The molecule has 3 rings (SSSR count). The van der Waals surface area contributed by atoms with Gasteiger partial charge in [-0.15, -0.1) is 13.2 Å². The van der Waals surface area contributed by atoms with Gasteiger partial charge in [-0.05, 0) is 51.8 Å². The molecule has 0 atom stereocenters. The number of hydrogen-bond donors (Lipinski definition) is 0. The van der Waals surface area contributed by atoms with Crippen molar-refractivity contribution >= 4 is 22.0 Å². The van der Waals surface area contributed by atoms with E-state index in [4.69, 9.17) is 4.74 Å².